The van der Waals surface area contributed by atoms with Crippen LogP contribution in [0, 0.1) is 19.8 Å². The molecule has 0 spiro atoms. The molecule has 8 heteroatoms. The predicted octanol–water partition coefficient (Wildman–Crippen LogP) is 4.43. The highest BCUT2D eigenvalue weighted by Gasteiger charge is 2.29. The van der Waals surface area contributed by atoms with E-state index in [0.717, 1.165) is 16.7 Å². The Labute approximate surface area is 216 Å². The van der Waals surface area contributed by atoms with Gasteiger partial charge in [0.25, 0.3) is 0 Å². The summed E-state index contributed by atoms with van der Waals surface area (Å²) >= 11 is 0. The first-order valence-electron chi connectivity index (χ1n) is 12.6. The lowest BCUT2D eigenvalue weighted by Crippen LogP contribution is -2.49. The lowest BCUT2D eigenvalue weighted by atomic mass is 10.1. The fraction of sp³-hybridized carbons (Fsp3) is 0.500. The van der Waals surface area contributed by atoms with Crippen molar-refractivity contribution >= 4 is 27.5 Å². The Kier molecular flexibility index (Phi) is 11.0. The molecule has 0 radical (unpaired) electrons. The number of anilines is 1. The van der Waals surface area contributed by atoms with Crippen molar-refractivity contribution in [2.24, 2.45) is 5.92 Å². The van der Waals surface area contributed by atoms with Gasteiger partial charge in [-0.1, -0.05) is 68.8 Å². The van der Waals surface area contributed by atoms with Crippen LogP contribution in [0.2, 0.25) is 0 Å². The third-order valence-electron chi connectivity index (χ3n) is 6.04. The van der Waals surface area contributed by atoms with Crippen molar-refractivity contribution in [2.75, 3.05) is 23.7 Å². The quantitative estimate of drug-likeness (QED) is 0.428. The van der Waals surface area contributed by atoms with Crippen LogP contribution in [-0.2, 0) is 26.2 Å². The number of nitrogens with one attached hydrogen (secondary N) is 1. The van der Waals surface area contributed by atoms with E-state index in [2.05, 4.69) is 5.32 Å². The van der Waals surface area contributed by atoms with Crippen molar-refractivity contribution in [1.82, 2.24) is 10.2 Å². The zero-order chi connectivity index (χ0) is 26.9. The molecule has 0 heterocycles. The van der Waals surface area contributed by atoms with Crippen molar-refractivity contribution in [3.63, 3.8) is 0 Å². The first-order chi connectivity index (χ1) is 16.9. The van der Waals surface area contributed by atoms with Gasteiger partial charge in [0.15, 0.2) is 0 Å². The zero-order valence-corrected chi connectivity index (χ0v) is 23.3. The molecule has 0 fully saturated rings. The Morgan fingerprint density at radius 2 is 1.72 bits per heavy atom. The molecule has 0 saturated heterocycles. The largest absolute Gasteiger partial charge is 0.354 e. The van der Waals surface area contributed by atoms with Crippen molar-refractivity contribution in [3.05, 3.63) is 65.2 Å². The number of para-hydroxylation sites is 1. The number of carbonyl (C=O) groups is 2. The van der Waals surface area contributed by atoms with E-state index in [0.29, 0.717) is 37.5 Å². The van der Waals surface area contributed by atoms with Gasteiger partial charge in [0.1, 0.15) is 6.04 Å². The fourth-order valence-electron chi connectivity index (χ4n) is 4.17. The topological polar surface area (TPSA) is 86.8 Å². The fourth-order valence-corrected chi connectivity index (χ4v) is 5.20. The number of benzene rings is 2. The van der Waals surface area contributed by atoms with Crippen molar-refractivity contribution in [3.8, 4) is 0 Å². The molecule has 0 unspecified atom stereocenters. The molecule has 0 saturated carbocycles. The van der Waals surface area contributed by atoms with E-state index >= 15 is 0 Å². The monoisotopic (exact) mass is 515 g/mol. The Bertz CT molecular complexity index is 1130. The van der Waals surface area contributed by atoms with E-state index in [1.807, 2.05) is 71.0 Å². The molecule has 0 aliphatic carbocycles. The van der Waals surface area contributed by atoms with Gasteiger partial charge in [-0.15, -0.1) is 0 Å². The molecule has 7 nitrogen and oxygen atoms in total. The molecule has 0 aliphatic heterocycles. The standard InChI is InChI=1S/C28H41N3O4S/c1-7-25(28(33)29-19-21(2)3)30(20-24-14-10-12-22(4)18-24)27(32)16-11-17-31(36(6,34)35)26-15-9-8-13-23(26)5/h8-10,12-15,18,21,25H,7,11,16-17,19-20H2,1-6H3,(H,29,33)/t25-/m1/s1. The summed E-state index contributed by atoms with van der Waals surface area (Å²) in [6.07, 6.45) is 2.14. The van der Waals surface area contributed by atoms with Gasteiger partial charge in [-0.3, -0.25) is 13.9 Å². The molecule has 2 aromatic rings. The lowest BCUT2D eigenvalue weighted by molar-refractivity contribution is -0.141. The highest BCUT2D eigenvalue weighted by molar-refractivity contribution is 7.92. The summed E-state index contributed by atoms with van der Waals surface area (Å²) in [6.45, 7) is 10.9. The van der Waals surface area contributed by atoms with E-state index in [1.54, 1.807) is 17.0 Å². The Hall–Kier alpha value is -2.87. The molecular weight excluding hydrogens is 474 g/mol. The highest BCUT2D eigenvalue weighted by atomic mass is 32.2. The smallest absolute Gasteiger partial charge is 0.242 e. The molecule has 198 valence electrons. The number of rotatable bonds is 13. The summed E-state index contributed by atoms with van der Waals surface area (Å²) in [5.41, 5.74) is 3.50. The number of hydrogen-bond donors (Lipinski definition) is 1. The van der Waals surface area contributed by atoms with Crippen LogP contribution in [0.25, 0.3) is 0 Å². The molecule has 0 bridgehead atoms. The van der Waals surface area contributed by atoms with Crippen molar-refractivity contribution in [2.45, 2.75) is 66.5 Å². The van der Waals surface area contributed by atoms with E-state index in [4.69, 9.17) is 0 Å². The van der Waals surface area contributed by atoms with Gasteiger partial charge in [0.05, 0.1) is 11.9 Å². The number of amides is 2. The summed E-state index contributed by atoms with van der Waals surface area (Å²) in [7, 11) is -3.52. The Morgan fingerprint density at radius 1 is 1.03 bits per heavy atom. The number of nitrogens with zero attached hydrogens (tertiary/aromatic N) is 2. The van der Waals surface area contributed by atoms with Gasteiger partial charge in [-0.05, 0) is 49.8 Å². The van der Waals surface area contributed by atoms with Gasteiger partial charge >= 0.3 is 0 Å². The van der Waals surface area contributed by atoms with Gasteiger partial charge in [0, 0.05) is 26.1 Å². The minimum Gasteiger partial charge on any atom is -0.354 e. The van der Waals surface area contributed by atoms with Gasteiger partial charge in [0.2, 0.25) is 21.8 Å². The Balaban J connectivity index is 2.22. The number of aryl methyl sites for hydroxylation is 2. The minimum atomic E-state index is -3.52. The average Bonchev–Trinajstić information content (AvgIpc) is 2.80. The minimum absolute atomic E-state index is 0.137. The molecule has 1 N–H and O–H groups in total. The molecule has 2 aromatic carbocycles. The second kappa shape index (κ2) is 13.4. The normalized spacial score (nSPS) is 12.3. The molecule has 1 atom stereocenters. The van der Waals surface area contributed by atoms with Crippen LogP contribution in [0.3, 0.4) is 0 Å². The van der Waals surface area contributed by atoms with Crippen LogP contribution < -0.4 is 9.62 Å². The zero-order valence-electron chi connectivity index (χ0n) is 22.5. The maximum Gasteiger partial charge on any atom is 0.242 e. The summed E-state index contributed by atoms with van der Waals surface area (Å²) in [5.74, 6) is -0.0260. The molecule has 2 amide bonds. The maximum atomic E-state index is 13.5. The van der Waals surface area contributed by atoms with Crippen LogP contribution in [0.4, 0.5) is 5.69 Å². The van der Waals surface area contributed by atoms with Crippen molar-refractivity contribution < 1.29 is 18.0 Å². The third-order valence-corrected chi connectivity index (χ3v) is 7.22. The number of carbonyl (C=O) groups excluding carboxylic acids is 2. The molecular formula is C28H41N3O4S. The van der Waals surface area contributed by atoms with E-state index < -0.39 is 16.1 Å². The van der Waals surface area contributed by atoms with Gasteiger partial charge < -0.3 is 10.2 Å². The van der Waals surface area contributed by atoms with Gasteiger partial charge in [-0.2, -0.15) is 0 Å². The lowest BCUT2D eigenvalue weighted by Gasteiger charge is -2.31. The van der Waals surface area contributed by atoms with Crippen molar-refractivity contribution in [1.29, 1.82) is 0 Å². The van der Waals surface area contributed by atoms with Crippen LogP contribution >= 0.6 is 0 Å². The SMILES string of the molecule is CC[C@H](C(=O)NCC(C)C)N(Cc1cccc(C)c1)C(=O)CCCN(c1ccccc1C)S(C)(=O)=O. The summed E-state index contributed by atoms with van der Waals surface area (Å²) in [6, 6.07) is 14.6. The van der Waals surface area contributed by atoms with Crippen LogP contribution in [0.5, 0.6) is 0 Å². The second-order valence-electron chi connectivity index (χ2n) is 9.80. The molecule has 36 heavy (non-hydrogen) atoms. The predicted molar refractivity (Wildman–Crippen MR) is 146 cm³/mol. The van der Waals surface area contributed by atoms with E-state index in [9.17, 15) is 18.0 Å². The average molecular weight is 516 g/mol. The van der Waals surface area contributed by atoms with Gasteiger partial charge in [-0.25, -0.2) is 8.42 Å². The summed E-state index contributed by atoms with van der Waals surface area (Å²) < 4.78 is 26.4. The number of sulfonamides is 1. The van der Waals surface area contributed by atoms with Crippen LogP contribution in [0.1, 0.15) is 56.7 Å². The summed E-state index contributed by atoms with van der Waals surface area (Å²) in [4.78, 5) is 28.2. The van der Waals surface area contributed by atoms with E-state index in [-0.39, 0.29) is 24.8 Å². The van der Waals surface area contributed by atoms with E-state index in [1.165, 1.54) is 10.6 Å². The number of hydrogen-bond acceptors (Lipinski definition) is 4. The summed E-state index contributed by atoms with van der Waals surface area (Å²) in [5, 5.41) is 2.97. The first kappa shape index (κ1) is 29.4. The molecule has 0 aliphatic rings. The Morgan fingerprint density at radius 3 is 2.31 bits per heavy atom. The second-order valence-corrected chi connectivity index (χ2v) is 11.7. The van der Waals surface area contributed by atoms with Crippen LogP contribution in [0.15, 0.2) is 48.5 Å². The molecule has 2 rings (SSSR count). The first-order valence-corrected chi connectivity index (χ1v) is 14.4. The maximum absolute atomic E-state index is 13.5. The third kappa shape index (κ3) is 8.66. The molecule has 0 aromatic heterocycles. The highest BCUT2D eigenvalue weighted by Crippen LogP contribution is 2.23. The van der Waals surface area contributed by atoms with Crippen LogP contribution in [-0.4, -0.2) is 50.5 Å².